The summed E-state index contributed by atoms with van der Waals surface area (Å²) in [5.41, 5.74) is 6.30. The Hall–Kier alpha value is -2.83. The molecular weight excluding hydrogens is 274 g/mol. The van der Waals surface area contributed by atoms with E-state index in [1.807, 2.05) is 0 Å². The zero-order chi connectivity index (χ0) is 15.4. The summed E-state index contributed by atoms with van der Waals surface area (Å²) in [4.78, 5) is 25.9. The highest BCUT2D eigenvalue weighted by Gasteiger charge is 2.19. The van der Waals surface area contributed by atoms with Gasteiger partial charge in [0.2, 0.25) is 0 Å². The summed E-state index contributed by atoms with van der Waals surface area (Å²) in [7, 11) is 0. The van der Waals surface area contributed by atoms with Gasteiger partial charge in [0.25, 0.3) is 0 Å². The van der Waals surface area contributed by atoms with E-state index in [9.17, 15) is 9.59 Å². The Labute approximate surface area is 120 Å². The molecule has 0 radical (unpaired) electrons. The van der Waals surface area contributed by atoms with Crippen molar-refractivity contribution in [1.29, 1.82) is 0 Å². The molecule has 0 fully saturated rings. The van der Waals surface area contributed by atoms with Crippen molar-refractivity contribution in [2.45, 2.75) is 18.9 Å². The molecule has 0 saturated heterocycles. The van der Waals surface area contributed by atoms with Crippen LogP contribution in [0.5, 0.6) is 0 Å². The van der Waals surface area contributed by atoms with Crippen molar-refractivity contribution in [2.24, 2.45) is 0 Å². The van der Waals surface area contributed by atoms with Crippen LogP contribution in [0.15, 0.2) is 30.5 Å². The van der Waals surface area contributed by atoms with Crippen LogP contribution < -0.4 is 11.1 Å². The van der Waals surface area contributed by atoms with Gasteiger partial charge >= 0.3 is 11.9 Å². The molecule has 5 N–H and O–H groups in total. The number of pyridine rings is 1. The van der Waals surface area contributed by atoms with Gasteiger partial charge in [-0.25, -0.2) is 9.78 Å². The molecule has 0 aliphatic rings. The van der Waals surface area contributed by atoms with Crippen LogP contribution in [0.1, 0.15) is 12.8 Å². The van der Waals surface area contributed by atoms with Gasteiger partial charge in [-0.15, -0.1) is 0 Å². The fourth-order valence-corrected chi connectivity index (χ4v) is 2.00. The first kappa shape index (κ1) is 14.6. The number of nitrogens with zero attached hydrogens (tertiary/aromatic N) is 1. The summed E-state index contributed by atoms with van der Waals surface area (Å²) < 4.78 is 0. The monoisotopic (exact) mass is 289 g/mol. The third kappa shape index (κ3) is 3.59. The van der Waals surface area contributed by atoms with E-state index >= 15 is 0 Å². The van der Waals surface area contributed by atoms with Crippen LogP contribution >= 0.6 is 0 Å². The van der Waals surface area contributed by atoms with Gasteiger partial charge in [-0.1, -0.05) is 0 Å². The first-order chi connectivity index (χ1) is 9.97. The van der Waals surface area contributed by atoms with E-state index in [0.717, 1.165) is 10.8 Å². The summed E-state index contributed by atoms with van der Waals surface area (Å²) in [5, 5.41) is 22.2. The number of anilines is 2. The molecule has 21 heavy (non-hydrogen) atoms. The van der Waals surface area contributed by atoms with Crippen molar-refractivity contribution < 1.29 is 19.8 Å². The van der Waals surface area contributed by atoms with Crippen LogP contribution in [0, 0.1) is 0 Å². The van der Waals surface area contributed by atoms with Gasteiger partial charge in [0.1, 0.15) is 11.9 Å². The van der Waals surface area contributed by atoms with E-state index in [1.54, 1.807) is 30.5 Å². The molecule has 1 unspecified atom stereocenters. The summed E-state index contributed by atoms with van der Waals surface area (Å²) in [5.74, 6) is -1.77. The van der Waals surface area contributed by atoms with E-state index < -0.39 is 18.0 Å². The number of carbonyl (C=O) groups is 2. The van der Waals surface area contributed by atoms with Gasteiger partial charge in [0.05, 0.1) is 0 Å². The van der Waals surface area contributed by atoms with Crippen molar-refractivity contribution in [1.82, 2.24) is 4.98 Å². The Balaban J connectivity index is 2.28. The Kier molecular flexibility index (Phi) is 4.22. The zero-order valence-electron chi connectivity index (χ0n) is 11.1. The topological polar surface area (TPSA) is 126 Å². The first-order valence-electron chi connectivity index (χ1n) is 6.33. The van der Waals surface area contributed by atoms with E-state index in [2.05, 4.69) is 10.3 Å². The number of nitrogen functional groups attached to an aromatic ring is 1. The number of fused-ring (bicyclic) bond motifs is 1. The number of hydrogen-bond acceptors (Lipinski definition) is 5. The molecule has 1 aromatic carbocycles. The standard InChI is InChI=1S/C14H15N3O4/c15-9-1-2-10-8(7-9)5-6-16-13(10)17-11(14(20)21)3-4-12(18)19/h1-2,5-7,11H,3-4,15H2,(H,16,17)(H,18,19)(H,20,21). The van der Waals surface area contributed by atoms with Gasteiger partial charge in [0, 0.05) is 23.7 Å². The van der Waals surface area contributed by atoms with Crippen molar-refractivity contribution in [2.75, 3.05) is 11.1 Å². The number of aromatic nitrogens is 1. The molecular formula is C14H15N3O4. The molecule has 2 rings (SSSR count). The Bertz CT molecular complexity index is 687. The fourth-order valence-electron chi connectivity index (χ4n) is 2.00. The normalized spacial score (nSPS) is 12.0. The lowest BCUT2D eigenvalue weighted by Gasteiger charge is -2.15. The van der Waals surface area contributed by atoms with Crippen LogP contribution in [0.2, 0.25) is 0 Å². The number of carboxylic acids is 2. The van der Waals surface area contributed by atoms with Gasteiger partial charge in [-0.3, -0.25) is 4.79 Å². The smallest absolute Gasteiger partial charge is 0.326 e. The SMILES string of the molecule is Nc1ccc2c(NC(CCC(=O)O)C(=O)O)nccc2c1. The largest absolute Gasteiger partial charge is 0.481 e. The van der Waals surface area contributed by atoms with Gasteiger partial charge in [-0.05, 0) is 36.1 Å². The maximum Gasteiger partial charge on any atom is 0.326 e. The minimum absolute atomic E-state index is 0.0301. The van der Waals surface area contributed by atoms with E-state index in [1.165, 1.54) is 0 Å². The highest BCUT2D eigenvalue weighted by molar-refractivity contribution is 5.94. The fraction of sp³-hybridized carbons (Fsp3) is 0.214. The predicted molar refractivity (Wildman–Crippen MR) is 78.1 cm³/mol. The summed E-state index contributed by atoms with van der Waals surface area (Å²) >= 11 is 0. The lowest BCUT2D eigenvalue weighted by atomic mass is 10.1. The summed E-state index contributed by atoms with van der Waals surface area (Å²) in [6.07, 6.45) is 1.28. The molecule has 1 atom stereocenters. The number of benzene rings is 1. The Morgan fingerprint density at radius 2 is 2.05 bits per heavy atom. The summed E-state index contributed by atoms with van der Waals surface area (Å²) in [6.45, 7) is 0. The maximum atomic E-state index is 11.2. The highest BCUT2D eigenvalue weighted by atomic mass is 16.4. The van der Waals surface area contributed by atoms with Gasteiger partial charge in [-0.2, -0.15) is 0 Å². The predicted octanol–water partition coefficient (Wildman–Crippen LogP) is 1.55. The molecule has 0 saturated carbocycles. The Morgan fingerprint density at radius 1 is 1.29 bits per heavy atom. The minimum atomic E-state index is -1.12. The molecule has 0 aliphatic carbocycles. The Morgan fingerprint density at radius 3 is 2.71 bits per heavy atom. The van der Waals surface area contributed by atoms with Crippen LogP contribution in [-0.4, -0.2) is 33.2 Å². The van der Waals surface area contributed by atoms with Crippen molar-refractivity contribution in [3.63, 3.8) is 0 Å². The number of hydrogen-bond donors (Lipinski definition) is 4. The van der Waals surface area contributed by atoms with E-state index in [-0.39, 0.29) is 12.8 Å². The third-order valence-electron chi connectivity index (χ3n) is 3.04. The number of aliphatic carboxylic acids is 2. The molecule has 1 aromatic heterocycles. The molecule has 7 nitrogen and oxygen atoms in total. The lowest BCUT2D eigenvalue weighted by molar-refractivity contribution is -0.139. The molecule has 0 spiro atoms. The highest BCUT2D eigenvalue weighted by Crippen LogP contribution is 2.24. The molecule has 0 bridgehead atoms. The molecule has 2 aromatic rings. The molecule has 110 valence electrons. The second kappa shape index (κ2) is 6.08. The third-order valence-corrected chi connectivity index (χ3v) is 3.04. The lowest BCUT2D eigenvalue weighted by Crippen LogP contribution is -2.30. The number of rotatable bonds is 6. The maximum absolute atomic E-state index is 11.2. The van der Waals surface area contributed by atoms with Gasteiger partial charge < -0.3 is 21.3 Å². The average molecular weight is 289 g/mol. The van der Waals surface area contributed by atoms with Crippen LogP contribution in [0.25, 0.3) is 10.8 Å². The second-order valence-corrected chi connectivity index (χ2v) is 4.61. The quantitative estimate of drug-likeness (QED) is 0.594. The number of nitrogens with two attached hydrogens (primary N) is 1. The number of carboxylic acid groups (broad SMARTS) is 2. The number of nitrogens with one attached hydrogen (secondary N) is 1. The second-order valence-electron chi connectivity index (χ2n) is 4.61. The molecule has 0 aliphatic heterocycles. The van der Waals surface area contributed by atoms with Crippen LogP contribution in [0.4, 0.5) is 11.5 Å². The average Bonchev–Trinajstić information content (AvgIpc) is 2.42. The molecule has 1 heterocycles. The van der Waals surface area contributed by atoms with Gasteiger partial charge in [0.15, 0.2) is 0 Å². The van der Waals surface area contributed by atoms with Crippen molar-refractivity contribution in [3.8, 4) is 0 Å². The van der Waals surface area contributed by atoms with Crippen LogP contribution in [-0.2, 0) is 9.59 Å². The van der Waals surface area contributed by atoms with Crippen LogP contribution in [0.3, 0.4) is 0 Å². The van der Waals surface area contributed by atoms with Crippen molar-refractivity contribution in [3.05, 3.63) is 30.5 Å². The first-order valence-corrected chi connectivity index (χ1v) is 6.33. The van der Waals surface area contributed by atoms with Crippen molar-refractivity contribution >= 4 is 34.2 Å². The molecule has 0 amide bonds. The minimum Gasteiger partial charge on any atom is -0.481 e. The summed E-state index contributed by atoms with van der Waals surface area (Å²) in [6, 6.07) is 5.95. The van der Waals surface area contributed by atoms with E-state index in [0.29, 0.717) is 11.5 Å². The molecule has 7 heteroatoms. The van der Waals surface area contributed by atoms with E-state index in [4.69, 9.17) is 15.9 Å². The zero-order valence-corrected chi connectivity index (χ0v) is 11.1.